The van der Waals surface area contributed by atoms with Crippen LogP contribution in [-0.2, 0) is 4.79 Å². The van der Waals surface area contributed by atoms with Crippen LogP contribution in [-0.4, -0.2) is 29.9 Å². The number of fused-ring (bicyclic) bond motifs is 1. The van der Waals surface area contributed by atoms with Crippen LogP contribution in [0.2, 0.25) is 0 Å². The van der Waals surface area contributed by atoms with Crippen molar-refractivity contribution >= 4 is 17.7 Å². The van der Waals surface area contributed by atoms with E-state index < -0.39 is 23.8 Å². The van der Waals surface area contributed by atoms with E-state index in [-0.39, 0.29) is 5.75 Å². The van der Waals surface area contributed by atoms with Crippen molar-refractivity contribution in [2.45, 2.75) is 26.1 Å². The maximum atomic E-state index is 12.9. The van der Waals surface area contributed by atoms with E-state index in [0.29, 0.717) is 23.7 Å². The van der Waals surface area contributed by atoms with Gasteiger partial charge in [-0.15, -0.1) is 0 Å². The summed E-state index contributed by atoms with van der Waals surface area (Å²) < 4.78 is 43.5. The van der Waals surface area contributed by atoms with Gasteiger partial charge in [0, 0.05) is 17.8 Å². The molecular weight excluding hydrogens is 299 g/mol. The molecule has 0 bridgehead atoms. The molecule has 0 amide bonds. The summed E-state index contributed by atoms with van der Waals surface area (Å²) in [5.41, 5.74) is 0.190. The Kier molecular flexibility index (Phi) is 4.35. The zero-order chi connectivity index (χ0) is 16.5. The molecule has 4 nitrogen and oxygen atoms in total. The molecule has 0 saturated carbocycles. The van der Waals surface area contributed by atoms with Gasteiger partial charge in [0.2, 0.25) is 6.10 Å². The fourth-order valence-electron chi connectivity index (χ4n) is 2.05. The van der Waals surface area contributed by atoms with Crippen LogP contribution in [0.1, 0.15) is 19.4 Å². The first kappa shape index (κ1) is 16.2. The number of halogens is 3. The van der Waals surface area contributed by atoms with E-state index in [2.05, 4.69) is 5.32 Å². The Labute approximate surface area is 125 Å². The van der Waals surface area contributed by atoms with Crippen molar-refractivity contribution in [2.75, 3.05) is 11.9 Å². The molecule has 1 atom stereocenters. The topological polar surface area (TPSA) is 58.6 Å². The SMILES string of the molecule is CC(C)CNc1ccc2c(c1)C=C(C(=O)O)C(C(F)(F)F)O2. The number of benzene rings is 1. The Balaban J connectivity index is 2.35. The van der Waals surface area contributed by atoms with Crippen LogP contribution >= 0.6 is 0 Å². The number of alkyl halides is 3. The number of carboxylic acid groups (broad SMARTS) is 1. The second-order valence-electron chi connectivity index (χ2n) is 5.47. The Bertz CT molecular complexity index is 609. The monoisotopic (exact) mass is 315 g/mol. The number of hydrogen-bond donors (Lipinski definition) is 2. The molecule has 1 aliphatic rings. The largest absolute Gasteiger partial charge is 0.478 e. The molecule has 1 unspecified atom stereocenters. The zero-order valence-corrected chi connectivity index (χ0v) is 12.1. The third-order valence-electron chi connectivity index (χ3n) is 3.11. The Hall–Kier alpha value is -2.18. The van der Waals surface area contributed by atoms with E-state index in [1.807, 2.05) is 13.8 Å². The number of ether oxygens (including phenoxy) is 1. The van der Waals surface area contributed by atoms with E-state index in [9.17, 15) is 18.0 Å². The summed E-state index contributed by atoms with van der Waals surface area (Å²) >= 11 is 0. The second-order valence-corrected chi connectivity index (χ2v) is 5.47. The standard InChI is InChI=1S/C15H16F3NO3/c1-8(2)7-19-10-3-4-12-9(5-10)6-11(14(20)21)13(22-12)15(16,17)18/h3-6,8,13,19H,7H2,1-2H3,(H,20,21). The lowest BCUT2D eigenvalue weighted by Crippen LogP contribution is -2.40. The molecule has 0 saturated heterocycles. The first-order valence-electron chi connectivity index (χ1n) is 6.74. The number of hydrogen-bond acceptors (Lipinski definition) is 3. The van der Waals surface area contributed by atoms with E-state index >= 15 is 0 Å². The summed E-state index contributed by atoms with van der Waals surface area (Å²) in [5.74, 6) is -1.23. The molecule has 1 aliphatic heterocycles. The minimum absolute atomic E-state index is 0.0161. The van der Waals surface area contributed by atoms with Crippen LogP contribution < -0.4 is 10.1 Å². The lowest BCUT2D eigenvalue weighted by atomic mass is 10.0. The van der Waals surface area contributed by atoms with Gasteiger partial charge in [-0.25, -0.2) is 4.79 Å². The van der Waals surface area contributed by atoms with E-state index in [1.165, 1.54) is 6.07 Å². The molecule has 0 fully saturated rings. The van der Waals surface area contributed by atoms with Gasteiger partial charge in [0.05, 0.1) is 5.57 Å². The third-order valence-corrected chi connectivity index (χ3v) is 3.11. The Morgan fingerprint density at radius 3 is 2.64 bits per heavy atom. The average Bonchev–Trinajstić information content (AvgIpc) is 2.42. The molecule has 0 spiro atoms. The smallest absolute Gasteiger partial charge is 0.430 e. The number of aliphatic carboxylic acids is 1. The highest BCUT2D eigenvalue weighted by Gasteiger charge is 2.48. The Morgan fingerprint density at radius 2 is 2.09 bits per heavy atom. The molecule has 120 valence electrons. The quantitative estimate of drug-likeness (QED) is 0.892. The highest BCUT2D eigenvalue weighted by atomic mass is 19.4. The predicted molar refractivity (Wildman–Crippen MR) is 75.9 cm³/mol. The van der Waals surface area contributed by atoms with Gasteiger partial charge in [-0.05, 0) is 30.2 Å². The maximum absolute atomic E-state index is 12.9. The molecule has 1 heterocycles. The molecule has 2 N–H and O–H groups in total. The molecule has 22 heavy (non-hydrogen) atoms. The molecule has 7 heteroatoms. The number of nitrogens with one attached hydrogen (secondary N) is 1. The number of rotatable bonds is 4. The third kappa shape index (κ3) is 3.52. The van der Waals surface area contributed by atoms with Gasteiger partial charge in [0.15, 0.2) is 0 Å². The summed E-state index contributed by atoms with van der Waals surface area (Å²) in [6, 6.07) is 4.59. The Morgan fingerprint density at radius 1 is 1.41 bits per heavy atom. The number of carbonyl (C=O) groups is 1. The van der Waals surface area contributed by atoms with Gasteiger partial charge >= 0.3 is 12.1 Å². The lowest BCUT2D eigenvalue weighted by Gasteiger charge is -2.27. The fourth-order valence-corrected chi connectivity index (χ4v) is 2.05. The summed E-state index contributed by atoms with van der Waals surface area (Å²) in [6.45, 7) is 4.73. The first-order chi connectivity index (χ1) is 10.2. The van der Waals surface area contributed by atoms with E-state index in [1.54, 1.807) is 12.1 Å². The number of anilines is 1. The summed E-state index contributed by atoms with van der Waals surface area (Å²) in [5, 5.41) is 12.1. The van der Waals surface area contributed by atoms with Gasteiger partial charge < -0.3 is 15.2 Å². The summed E-state index contributed by atoms with van der Waals surface area (Å²) in [4.78, 5) is 11.1. The molecule has 1 aromatic carbocycles. The maximum Gasteiger partial charge on any atom is 0.430 e. The molecule has 0 aromatic heterocycles. The lowest BCUT2D eigenvalue weighted by molar-refractivity contribution is -0.187. The molecule has 1 aromatic rings. The second kappa shape index (κ2) is 5.90. The summed E-state index contributed by atoms with van der Waals surface area (Å²) in [6.07, 6.45) is -6.22. The molecular formula is C15H16F3NO3. The van der Waals surface area contributed by atoms with Crippen molar-refractivity contribution < 1.29 is 27.8 Å². The molecule has 2 rings (SSSR count). The molecule has 0 aliphatic carbocycles. The number of carboxylic acids is 1. The van der Waals surface area contributed by atoms with E-state index in [0.717, 1.165) is 6.08 Å². The highest BCUT2D eigenvalue weighted by Crippen LogP contribution is 2.38. The minimum atomic E-state index is -4.78. The van der Waals surface area contributed by atoms with Crippen LogP contribution in [0.15, 0.2) is 23.8 Å². The fraction of sp³-hybridized carbons (Fsp3) is 0.400. The van der Waals surface area contributed by atoms with Gasteiger partial charge in [0.1, 0.15) is 5.75 Å². The van der Waals surface area contributed by atoms with Gasteiger partial charge in [0.25, 0.3) is 0 Å². The van der Waals surface area contributed by atoms with Crippen LogP contribution in [0.5, 0.6) is 5.75 Å². The normalized spacial score (nSPS) is 17.5. The minimum Gasteiger partial charge on any atom is -0.478 e. The van der Waals surface area contributed by atoms with Gasteiger partial charge in [-0.3, -0.25) is 0 Å². The van der Waals surface area contributed by atoms with Gasteiger partial charge in [-0.1, -0.05) is 13.8 Å². The van der Waals surface area contributed by atoms with Crippen LogP contribution in [0.3, 0.4) is 0 Å². The van der Waals surface area contributed by atoms with Crippen LogP contribution in [0, 0.1) is 5.92 Å². The van der Waals surface area contributed by atoms with Crippen molar-refractivity contribution in [3.63, 3.8) is 0 Å². The van der Waals surface area contributed by atoms with E-state index in [4.69, 9.17) is 9.84 Å². The van der Waals surface area contributed by atoms with Crippen molar-refractivity contribution in [1.29, 1.82) is 0 Å². The van der Waals surface area contributed by atoms with Crippen molar-refractivity contribution in [3.8, 4) is 5.75 Å². The van der Waals surface area contributed by atoms with Crippen LogP contribution in [0.25, 0.3) is 6.08 Å². The van der Waals surface area contributed by atoms with Crippen LogP contribution in [0.4, 0.5) is 18.9 Å². The average molecular weight is 315 g/mol. The zero-order valence-electron chi connectivity index (χ0n) is 12.1. The van der Waals surface area contributed by atoms with Gasteiger partial charge in [-0.2, -0.15) is 13.2 Å². The van der Waals surface area contributed by atoms with Crippen molar-refractivity contribution in [1.82, 2.24) is 0 Å². The highest BCUT2D eigenvalue weighted by molar-refractivity contribution is 5.95. The first-order valence-corrected chi connectivity index (χ1v) is 6.74. The summed E-state index contributed by atoms with van der Waals surface area (Å²) in [7, 11) is 0. The van der Waals surface area contributed by atoms with Crippen molar-refractivity contribution in [3.05, 3.63) is 29.3 Å². The molecule has 0 radical (unpaired) electrons. The predicted octanol–water partition coefficient (Wildman–Crippen LogP) is 3.55. The van der Waals surface area contributed by atoms with Crippen molar-refractivity contribution in [2.24, 2.45) is 5.92 Å².